The van der Waals surface area contributed by atoms with E-state index in [1.165, 1.54) is 5.56 Å². The van der Waals surface area contributed by atoms with Crippen LogP contribution >= 0.6 is 0 Å². The molecule has 1 heterocycles. The van der Waals surface area contributed by atoms with Crippen molar-refractivity contribution in [2.75, 3.05) is 19.0 Å². The lowest BCUT2D eigenvalue weighted by molar-refractivity contribution is 0.0954. The van der Waals surface area contributed by atoms with Crippen LogP contribution in [0.15, 0.2) is 73.1 Å². The van der Waals surface area contributed by atoms with Crippen LogP contribution in [0.5, 0.6) is 5.75 Å². The number of nitrogens with zero attached hydrogens (tertiary/aromatic N) is 1. The highest BCUT2D eigenvalue weighted by atomic mass is 16.5. The van der Waals surface area contributed by atoms with Gasteiger partial charge in [-0.1, -0.05) is 36.4 Å². The molecule has 26 heavy (non-hydrogen) atoms. The second kappa shape index (κ2) is 8.67. The number of benzene rings is 2. The Bertz CT molecular complexity index is 866. The molecule has 0 bridgehead atoms. The van der Waals surface area contributed by atoms with Gasteiger partial charge in [-0.3, -0.25) is 9.78 Å². The van der Waals surface area contributed by atoms with Crippen LogP contribution in [0.25, 0.3) is 0 Å². The maximum Gasteiger partial charge on any atom is 0.252 e. The molecule has 2 N–H and O–H groups in total. The topological polar surface area (TPSA) is 63.2 Å². The molecule has 0 atom stereocenters. The number of aromatic nitrogens is 1. The van der Waals surface area contributed by atoms with Gasteiger partial charge in [0.2, 0.25) is 0 Å². The Kier molecular flexibility index (Phi) is 5.83. The average Bonchev–Trinajstić information content (AvgIpc) is 2.69. The highest BCUT2D eigenvalue weighted by Gasteiger charge is 2.07. The minimum Gasteiger partial charge on any atom is -0.497 e. The predicted molar refractivity (Wildman–Crippen MR) is 103 cm³/mol. The molecule has 0 unspecified atom stereocenters. The van der Waals surface area contributed by atoms with Gasteiger partial charge in [-0.05, 0) is 30.2 Å². The van der Waals surface area contributed by atoms with Crippen molar-refractivity contribution in [3.63, 3.8) is 0 Å². The molecule has 2 aromatic carbocycles. The maximum absolute atomic E-state index is 12.3. The van der Waals surface area contributed by atoms with Crippen LogP contribution in [-0.4, -0.2) is 24.5 Å². The highest BCUT2D eigenvalue weighted by Crippen LogP contribution is 2.21. The Morgan fingerprint density at radius 2 is 1.85 bits per heavy atom. The molecule has 5 heteroatoms. The van der Waals surface area contributed by atoms with Gasteiger partial charge in [-0.2, -0.15) is 0 Å². The second-order valence-electron chi connectivity index (χ2n) is 5.81. The molecule has 1 aromatic heterocycles. The molecular weight excluding hydrogens is 326 g/mol. The third kappa shape index (κ3) is 4.83. The van der Waals surface area contributed by atoms with Gasteiger partial charge in [-0.25, -0.2) is 0 Å². The molecule has 3 aromatic rings. The second-order valence-corrected chi connectivity index (χ2v) is 5.81. The summed E-state index contributed by atoms with van der Waals surface area (Å²) in [6.45, 7) is 0.580. The molecule has 0 radical (unpaired) electrons. The fraction of sp³-hybridized carbons (Fsp3) is 0.143. The fourth-order valence-corrected chi connectivity index (χ4v) is 2.57. The van der Waals surface area contributed by atoms with E-state index < -0.39 is 0 Å². The summed E-state index contributed by atoms with van der Waals surface area (Å²) in [6, 6.07) is 19.4. The van der Waals surface area contributed by atoms with E-state index in [1.807, 2.05) is 54.6 Å². The molecule has 0 saturated heterocycles. The first-order valence-corrected chi connectivity index (χ1v) is 8.43. The molecule has 0 spiro atoms. The minimum absolute atomic E-state index is 0.136. The summed E-state index contributed by atoms with van der Waals surface area (Å²) in [5, 5.41) is 6.16. The van der Waals surface area contributed by atoms with E-state index >= 15 is 0 Å². The van der Waals surface area contributed by atoms with Gasteiger partial charge >= 0.3 is 0 Å². The molecule has 5 nitrogen and oxygen atoms in total. The number of rotatable bonds is 7. The molecule has 132 valence electrons. The number of pyridine rings is 1. The van der Waals surface area contributed by atoms with Crippen LogP contribution in [0.3, 0.4) is 0 Å². The van der Waals surface area contributed by atoms with Gasteiger partial charge in [-0.15, -0.1) is 0 Å². The van der Waals surface area contributed by atoms with Crippen molar-refractivity contribution in [2.45, 2.75) is 6.42 Å². The van der Waals surface area contributed by atoms with Crippen LogP contribution in [0.1, 0.15) is 15.9 Å². The summed E-state index contributed by atoms with van der Waals surface area (Å²) in [6.07, 6.45) is 4.04. The molecule has 1 amide bonds. The Labute approximate surface area is 153 Å². The number of hydrogen-bond donors (Lipinski definition) is 2. The standard InChI is InChI=1S/C21H21N3O2/c1-26-20-9-5-8-18(13-20)24-19-12-17(14-22-15-19)21(25)23-11-10-16-6-3-2-4-7-16/h2-9,12-15,24H,10-11H2,1H3,(H,23,25). The van der Waals surface area contributed by atoms with Gasteiger partial charge in [0.25, 0.3) is 5.91 Å². The number of hydrogen-bond acceptors (Lipinski definition) is 4. The molecule has 0 saturated carbocycles. The third-order valence-corrected chi connectivity index (χ3v) is 3.90. The summed E-state index contributed by atoms with van der Waals surface area (Å²) in [7, 11) is 1.63. The first kappa shape index (κ1) is 17.5. The molecular formula is C21H21N3O2. The van der Waals surface area contributed by atoms with E-state index in [1.54, 1.807) is 25.6 Å². The van der Waals surface area contributed by atoms with E-state index in [9.17, 15) is 4.79 Å². The Morgan fingerprint density at radius 1 is 1.00 bits per heavy atom. The number of methoxy groups -OCH3 is 1. The minimum atomic E-state index is -0.136. The Hall–Kier alpha value is -3.34. The monoisotopic (exact) mass is 347 g/mol. The van der Waals surface area contributed by atoms with Crippen LogP contribution in [0, 0.1) is 0 Å². The number of anilines is 2. The Balaban J connectivity index is 1.60. The lowest BCUT2D eigenvalue weighted by Gasteiger charge is -2.10. The fourth-order valence-electron chi connectivity index (χ4n) is 2.57. The van der Waals surface area contributed by atoms with E-state index in [2.05, 4.69) is 15.6 Å². The average molecular weight is 347 g/mol. The van der Waals surface area contributed by atoms with Crippen molar-refractivity contribution in [1.82, 2.24) is 10.3 Å². The normalized spacial score (nSPS) is 10.2. The number of nitrogens with one attached hydrogen (secondary N) is 2. The van der Waals surface area contributed by atoms with Crippen molar-refractivity contribution in [1.29, 1.82) is 0 Å². The highest BCUT2D eigenvalue weighted by molar-refractivity contribution is 5.94. The van der Waals surface area contributed by atoms with Crippen molar-refractivity contribution < 1.29 is 9.53 Å². The van der Waals surface area contributed by atoms with Gasteiger partial charge in [0.15, 0.2) is 0 Å². The lowest BCUT2D eigenvalue weighted by Crippen LogP contribution is -2.25. The zero-order valence-corrected chi connectivity index (χ0v) is 14.6. The molecule has 0 aliphatic carbocycles. The molecule has 0 aliphatic heterocycles. The number of amides is 1. The SMILES string of the molecule is COc1cccc(Nc2cncc(C(=O)NCCc3ccccc3)c2)c1. The zero-order valence-electron chi connectivity index (χ0n) is 14.6. The third-order valence-electron chi connectivity index (χ3n) is 3.90. The summed E-state index contributed by atoms with van der Waals surface area (Å²) in [4.78, 5) is 16.5. The van der Waals surface area contributed by atoms with Crippen LogP contribution in [0.2, 0.25) is 0 Å². The van der Waals surface area contributed by atoms with E-state index in [4.69, 9.17) is 4.74 Å². The number of carbonyl (C=O) groups excluding carboxylic acids is 1. The van der Waals surface area contributed by atoms with Gasteiger partial charge in [0, 0.05) is 24.5 Å². The zero-order chi connectivity index (χ0) is 18.2. The Morgan fingerprint density at radius 3 is 2.65 bits per heavy atom. The number of carbonyl (C=O) groups is 1. The first-order valence-electron chi connectivity index (χ1n) is 8.43. The van der Waals surface area contributed by atoms with E-state index in [0.717, 1.165) is 23.5 Å². The van der Waals surface area contributed by atoms with Crippen molar-refractivity contribution >= 4 is 17.3 Å². The van der Waals surface area contributed by atoms with Crippen LogP contribution in [-0.2, 0) is 6.42 Å². The first-order chi connectivity index (χ1) is 12.7. The lowest BCUT2D eigenvalue weighted by atomic mass is 10.1. The van der Waals surface area contributed by atoms with E-state index in [0.29, 0.717) is 12.1 Å². The molecule has 3 rings (SSSR count). The summed E-state index contributed by atoms with van der Waals surface area (Å²) in [5.74, 6) is 0.625. The largest absolute Gasteiger partial charge is 0.497 e. The van der Waals surface area contributed by atoms with E-state index in [-0.39, 0.29) is 5.91 Å². The summed E-state index contributed by atoms with van der Waals surface area (Å²) >= 11 is 0. The van der Waals surface area contributed by atoms with Crippen LogP contribution < -0.4 is 15.4 Å². The smallest absolute Gasteiger partial charge is 0.252 e. The van der Waals surface area contributed by atoms with Gasteiger partial charge in [0.05, 0.1) is 24.6 Å². The van der Waals surface area contributed by atoms with Crippen molar-refractivity contribution in [3.05, 3.63) is 84.2 Å². The van der Waals surface area contributed by atoms with Crippen molar-refractivity contribution in [3.8, 4) is 5.75 Å². The van der Waals surface area contributed by atoms with Gasteiger partial charge < -0.3 is 15.4 Å². The summed E-state index contributed by atoms with van der Waals surface area (Å²) in [5.41, 5.74) is 3.33. The molecule has 0 aliphatic rings. The molecule has 0 fully saturated rings. The predicted octanol–water partition coefficient (Wildman–Crippen LogP) is 3.81. The van der Waals surface area contributed by atoms with Crippen LogP contribution in [0.4, 0.5) is 11.4 Å². The number of ether oxygens (including phenoxy) is 1. The summed E-state index contributed by atoms with van der Waals surface area (Å²) < 4.78 is 5.22. The quantitative estimate of drug-likeness (QED) is 0.682. The van der Waals surface area contributed by atoms with Gasteiger partial charge in [0.1, 0.15) is 5.75 Å². The van der Waals surface area contributed by atoms with Crippen molar-refractivity contribution in [2.24, 2.45) is 0 Å². The maximum atomic E-state index is 12.3.